The zero-order valence-corrected chi connectivity index (χ0v) is 18.0. The van der Waals surface area contributed by atoms with Gasteiger partial charge in [-0.15, -0.1) is 0 Å². The molecule has 2 aromatic heterocycles. The summed E-state index contributed by atoms with van der Waals surface area (Å²) in [6.45, 7) is 3.87. The Balaban J connectivity index is 1.63. The van der Waals surface area contributed by atoms with E-state index in [9.17, 15) is 4.79 Å². The fourth-order valence-electron chi connectivity index (χ4n) is 2.97. The molecule has 1 fully saturated rings. The summed E-state index contributed by atoms with van der Waals surface area (Å²) in [5, 5.41) is 2.45. The highest BCUT2D eigenvalue weighted by Crippen LogP contribution is 2.34. The van der Waals surface area contributed by atoms with Crippen molar-refractivity contribution < 1.29 is 9.21 Å². The number of thioether (sulfide) groups is 1. The third-order valence-electron chi connectivity index (χ3n) is 4.31. The molecular weight excluding hydrogens is 435 g/mol. The molecule has 1 aliphatic rings. The third-order valence-corrected chi connectivity index (χ3v) is 6.33. The largest absolute Gasteiger partial charge is 0.457 e. The number of nitrogens with zero attached hydrogens (tertiary/aromatic N) is 2. The van der Waals surface area contributed by atoms with Crippen LogP contribution >= 0.6 is 47.2 Å². The Morgan fingerprint density at radius 2 is 1.75 bits per heavy atom. The van der Waals surface area contributed by atoms with Gasteiger partial charge in [0.1, 0.15) is 11.5 Å². The van der Waals surface area contributed by atoms with Gasteiger partial charge in [-0.05, 0) is 68.5 Å². The second kappa shape index (κ2) is 7.44. The van der Waals surface area contributed by atoms with E-state index in [0.29, 0.717) is 30.8 Å². The number of thiocarbonyl (C=S) groups is 1. The van der Waals surface area contributed by atoms with Crippen LogP contribution in [0.5, 0.6) is 0 Å². The van der Waals surface area contributed by atoms with Crippen molar-refractivity contribution in [3.8, 4) is 11.3 Å². The van der Waals surface area contributed by atoms with E-state index in [1.165, 1.54) is 16.8 Å². The molecule has 1 amide bonds. The summed E-state index contributed by atoms with van der Waals surface area (Å²) in [6, 6.07) is 12.8. The van der Waals surface area contributed by atoms with Crippen LogP contribution in [0, 0.1) is 13.8 Å². The normalized spacial score (nSPS) is 15.9. The SMILES string of the molecule is Cc1ccc(C)n1N1C(=O)C(=Cc2ccc(-c3ccc(Cl)c(Cl)c3)o2)SC1=S. The first-order valence-corrected chi connectivity index (χ1v) is 10.3. The fraction of sp³-hybridized carbons (Fsp3) is 0.100. The van der Waals surface area contributed by atoms with Crippen LogP contribution < -0.4 is 5.01 Å². The molecule has 4 rings (SSSR count). The Bertz CT molecular complexity index is 1130. The van der Waals surface area contributed by atoms with Crippen molar-refractivity contribution in [1.82, 2.24) is 4.68 Å². The van der Waals surface area contributed by atoms with Crippen molar-refractivity contribution >= 4 is 63.5 Å². The van der Waals surface area contributed by atoms with Gasteiger partial charge in [0.2, 0.25) is 0 Å². The second-order valence-electron chi connectivity index (χ2n) is 6.25. The van der Waals surface area contributed by atoms with Gasteiger partial charge >= 0.3 is 0 Å². The number of hydrogen-bond donors (Lipinski definition) is 0. The number of benzene rings is 1. The van der Waals surface area contributed by atoms with E-state index in [1.807, 2.05) is 42.8 Å². The summed E-state index contributed by atoms with van der Waals surface area (Å²) in [5.74, 6) is 1.02. The van der Waals surface area contributed by atoms with Crippen LogP contribution in [-0.4, -0.2) is 14.9 Å². The van der Waals surface area contributed by atoms with Gasteiger partial charge < -0.3 is 4.42 Å². The number of aryl methyl sites for hydroxylation is 2. The molecule has 1 aromatic carbocycles. The van der Waals surface area contributed by atoms with Crippen LogP contribution in [0.15, 0.2) is 51.8 Å². The lowest BCUT2D eigenvalue weighted by atomic mass is 10.2. The molecule has 4 nitrogen and oxygen atoms in total. The average molecular weight is 449 g/mol. The van der Waals surface area contributed by atoms with Gasteiger partial charge in [0.05, 0.1) is 15.0 Å². The van der Waals surface area contributed by atoms with Crippen LogP contribution in [0.4, 0.5) is 0 Å². The number of rotatable bonds is 3. The molecule has 0 N–H and O–H groups in total. The Kier molecular flexibility index (Phi) is 5.14. The summed E-state index contributed by atoms with van der Waals surface area (Å²) in [4.78, 5) is 13.4. The van der Waals surface area contributed by atoms with E-state index in [1.54, 1.807) is 24.3 Å². The van der Waals surface area contributed by atoms with Crippen LogP contribution in [-0.2, 0) is 4.79 Å². The van der Waals surface area contributed by atoms with Crippen LogP contribution in [0.1, 0.15) is 17.1 Å². The highest BCUT2D eigenvalue weighted by molar-refractivity contribution is 8.27. The van der Waals surface area contributed by atoms with Gasteiger partial charge in [-0.1, -0.05) is 35.0 Å². The maximum atomic E-state index is 12.9. The van der Waals surface area contributed by atoms with Crippen molar-refractivity contribution in [2.75, 3.05) is 5.01 Å². The molecule has 142 valence electrons. The minimum atomic E-state index is -0.176. The number of furan rings is 1. The molecule has 3 heterocycles. The van der Waals surface area contributed by atoms with E-state index in [-0.39, 0.29) is 5.91 Å². The van der Waals surface area contributed by atoms with Gasteiger partial charge in [-0.3, -0.25) is 9.47 Å². The van der Waals surface area contributed by atoms with Gasteiger partial charge in [0.15, 0.2) is 4.32 Å². The van der Waals surface area contributed by atoms with Crippen molar-refractivity contribution in [2.24, 2.45) is 0 Å². The van der Waals surface area contributed by atoms with Gasteiger partial charge in [-0.25, -0.2) is 0 Å². The first kappa shape index (κ1) is 19.3. The van der Waals surface area contributed by atoms with Gasteiger partial charge in [0, 0.05) is 23.0 Å². The van der Waals surface area contributed by atoms with Crippen molar-refractivity contribution in [2.45, 2.75) is 13.8 Å². The predicted molar refractivity (Wildman–Crippen MR) is 119 cm³/mol. The third kappa shape index (κ3) is 3.42. The molecule has 0 bridgehead atoms. The maximum absolute atomic E-state index is 12.9. The van der Waals surface area contributed by atoms with Crippen molar-refractivity contribution in [3.63, 3.8) is 0 Å². The Morgan fingerprint density at radius 3 is 2.43 bits per heavy atom. The number of hydrogen-bond acceptors (Lipinski definition) is 4. The molecule has 3 aromatic rings. The zero-order valence-electron chi connectivity index (χ0n) is 14.9. The van der Waals surface area contributed by atoms with Gasteiger partial charge in [-0.2, -0.15) is 5.01 Å². The fourth-order valence-corrected chi connectivity index (χ4v) is 4.49. The van der Waals surface area contributed by atoms with Gasteiger partial charge in [0.25, 0.3) is 5.91 Å². The van der Waals surface area contributed by atoms with Crippen molar-refractivity contribution in [3.05, 3.63) is 74.6 Å². The lowest BCUT2D eigenvalue weighted by Gasteiger charge is -2.20. The molecule has 1 saturated heterocycles. The molecule has 8 heteroatoms. The molecule has 0 unspecified atom stereocenters. The van der Waals surface area contributed by atoms with Crippen LogP contribution in [0.2, 0.25) is 10.0 Å². The summed E-state index contributed by atoms with van der Waals surface area (Å²) >= 11 is 18.7. The molecule has 0 atom stereocenters. The highest BCUT2D eigenvalue weighted by atomic mass is 35.5. The number of carbonyl (C=O) groups is 1. The minimum Gasteiger partial charge on any atom is -0.457 e. The molecule has 0 saturated carbocycles. The molecule has 1 aliphatic heterocycles. The Labute approximate surface area is 181 Å². The summed E-state index contributed by atoms with van der Waals surface area (Å²) in [6.07, 6.45) is 1.70. The Morgan fingerprint density at radius 1 is 1.04 bits per heavy atom. The molecular formula is C20H14Cl2N2O2S2. The average Bonchev–Trinajstić information content (AvgIpc) is 3.32. The van der Waals surface area contributed by atoms with E-state index in [4.69, 9.17) is 39.8 Å². The Hall–Kier alpha value is -1.99. The number of carbonyl (C=O) groups excluding carboxylic acids is 1. The molecule has 0 radical (unpaired) electrons. The lowest BCUT2D eigenvalue weighted by molar-refractivity contribution is -0.114. The summed E-state index contributed by atoms with van der Waals surface area (Å²) < 4.78 is 8.17. The monoisotopic (exact) mass is 448 g/mol. The maximum Gasteiger partial charge on any atom is 0.285 e. The quantitative estimate of drug-likeness (QED) is 0.352. The number of aromatic nitrogens is 1. The van der Waals surface area contributed by atoms with E-state index in [2.05, 4.69) is 0 Å². The van der Waals surface area contributed by atoms with Crippen molar-refractivity contribution in [1.29, 1.82) is 0 Å². The first-order valence-electron chi connectivity index (χ1n) is 8.33. The smallest absolute Gasteiger partial charge is 0.285 e. The zero-order chi connectivity index (χ0) is 20.0. The second-order valence-corrected chi connectivity index (χ2v) is 8.74. The number of amides is 1. The molecule has 28 heavy (non-hydrogen) atoms. The summed E-state index contributed by atoms with van der Waals surface area (Å²) in [7, 11) is 0. The van der Waals surface area contributed by atoms with E-state index in [0.717, 1.165) is 17.0 Å². The van der Waals surface area contributed by atoms with E-state index >= 15 is 0 Å². The summed E-state index contributed by atoms with van der Waals surface area (Å²) in [5.41, 5.74) is 2.69. The highest BCUT2D eigenvalue weighted by Gasteiger charge is 2.35. The van der Waals surface area contributed by atoms with Crippen LogP contribution in [0.25, 0.3) is 17.4 Å². The standard InChI is InChI=1S/C20H14Cl2N2O2S2/c1-11-3-4-12(2)23(11)24-19(25)18(28-20(24)27)10-14-6-8-17(26-14)13-5-7-15(21)16(22)9-13/h3-10H,1-2H3. The minimum absolute atomic E-state index is 0.176. The number of halogens is 2. The van der Waals surface area contributed by atoms with E-state index < -0.39 is 0 Å². The predicted octanol–water partition coefficient (Wildman–Crippen LogP) is 6.21. The topological polar surface area (TPSA) is 38.4 Å². The lowest BCUT2D eigenvalue weighted by Crippen LogP contribution is -2.39. The molecule has 0 spiro atoms. The molecule has 0 aliphatic carbocycles. The first-order chi connectivity index (χ1) is 13.3. The van der Waals surface area contributed by atoms with Crippen LogP contribution in [0.3, 0.4) is 0 Å².